The summed E-state index contributed by atoms with van der Waals surface area (Å²) in [4.78, 5) is 13.2. The zero-order valence-electron chi connectivity index (χ0n) is 15.3. The highest BCUT2D eigenvalue weighted by Crippen LogP contribution is 2.24. The van der Waals surface area contributed by atoms with E-state index < -0.39 is 0 Å². The zero-order valence-corrected chi connectivity index (χ0v) is 16.1. The predicted molar refractivity (Wildman–Crippen MR) is 110 cm³/mol. The molecule has 1 N–H and O–H groups in total. The van der Waals surface area contributed by atoms with E-state index in [0.29, 0.717) is 0 Å². The molecule has 1 aliphatic heterocycles. The van der Waals surface area contributed by atoms with Crippen LogP contribution in [0.5, 0.6) is 0 Å². The number of rotatable bonds is 4. The van der Waals surface area contributed by atoms with Crippen LogP contribution in [0.3, 0.4) is 0 Å². The van der Waals surface area contributed by atoms with Gasteiger partial charge in [-0.3, -0.25) is 4.79 Å². The van der Waals surface area contributed by atoms with Gasteiger partial charge in [-0.2, -0.15) is 0 Å². The number of benzene rings is 1. The standard InChI is InChI=1S/C21H22N4OS/c1-15-12-14-27-18(15)10-11-20(26)22-17-8-6-16(7-9-17)21-24-23-19-5-3-2-4-13-25(19)21/h6-12,14H,2-5,13H2,1H3,(H,22,26)/b11-10+. The van der Waals surface area contributed by atoms with Crippen LogP contribution in [0.15, 0.2) is 41.8 Å². The highest BCUT2D eigenvalue weighted by molar-refractivity contribution is 7.11. The molecule has 0 saturated carbocycles. The molecule has 5 nitrogen and oxygen atoms in total. The molecule has 0 radical (unpaired) electrons. The third-order valence-corrected chi connectivity index (χ3v) is 5.79. The molecule has 1 amide bonds. The van der Waals surface area contributed by atoms with Crippen molar-refractivity contribution in [1.82, 2.24) is 14.8 Å². The molecule has 6 heteroatoms. The fourth-order valence-electron chi connectivity index (χ4n) is 3.29. The van der Waals surface area contributed by atoms with Crippen molar-refractivity contribution in [2.75, 3.05) is 5.32 Å². The molecule has 27 heavy (non-hydrogen) atoms. The Kier molecular flexibility index (Phi) is 5.16. The molecule has 138 valence electrons. The van der Waals surface area contributed by atoms with Crippen molar-refractivity contribution in [3.8, 4) is 11.4 Å². The summed E-state index contributed by atoms with van der Waals surface area (Å²) < 4.78 is 2.23. The van der Waals surface area contributed by atoms with Crippen molar-refractivity contribution in [3.63, 3.8) is 0 Å². The van der Waals surface area contributed by atoms with Gasteiger partial charge in [0.2, 0.25) is 5.91 Å². The number of carbonyl (C=O) groups is 1. The minimum Gasteiger partial charge on any atom is -0.323 e. The Hall–Kier alpha value is -2.73. The van der Waals surface area contributed by atoms with Crippen LogP contribution in [0.25, 0.3) is 17.5 Å². The van der Waals surface area contributed by atoms with Gasteiger partial charge in [0.05, 0.1) is 0 Å². The van der Waals surface area contributed by atoms with Crippen molar-refractivity contribution in [2.45, 2.75) is 39.2 Å². The summed E-state index contributed by atoms with van der Waals surface area (Å²) in [5.41, 5.74) is 2.98. The Morgan fingerprint density at radius 1 is 1.15 bits per heavy atom. The van der Waals surface area contributed by atoms with Gasteiger partial charge in [0.25, 0.3) is 0 Å². The first-order valence-electron chi connectivity index (χ1n) is 9.26. The number of nitrogens with one attached hydrogen (secondary N) is 1. The normalized spacial score (nSPS) is 14.1. The van der Waals surface area contributed by atoms with Crippen molar-refractivity contribution >= 4 is 29.0 Å². The molecular weight excluding hydrogens is 356 g/mol. The van der Waals surface area contributed by atoms with E-state index in [0.717, 1.165) is 40.7 Å². The molecule has 0 saturated heterocycles. The van der Waals surface area contributed by atoms with Crippen LogP contribution in [0.4, 0.5) is 5.69 Å². The molecule has 0 aliphatic carbocycles. The predicted octanol–water partition coefficient (Wildman–Crippen LogP) is 4.69. The van der Waals surface area contributed by atoms with Crippen molar-refractivity contribution in [3.05, 3.63) is 58.1 Å². The Balaban J connectivity index is 1.45. The third-order valence-electron chi connectivity index (χ3n) is 4.81. The van der Waals surface area contributed by atoms with Gasteiger partial charge in [0.1, 0.15) is 5.82 Å². The lowest BCUT2D eigenvalue weighted by Crippen LogP contribution is -2.07. The third kappa shape index (κ3) is 4.01. The molecule has 0 bridgehead atoms. The number of aryl methyl sites for hydroxylation is 2. The number of fused-ring (bicyclic) bond motifs is 1. The Morgan fingerprint density at radius 3 is 2.78 bits per heavy atom. The lowest BCUT2D eigenvalue weighted by Gasteiger charge is -2.08. The first-order valence-corrected chi connectivity index (χ1v) is 10.1. The molecule has 3 aromatic rings. The van der Waals surface area contributed by atoms with E-state index in [1.165, 1.54) is 24.8 Å². The SMILES string of the molecule is Cc1ccsc1/C=C/C(=O)Nc1ccc(-c2nnc3n2CCCCC3)cc1. The van der Waals surface area contributed by atoms with Crippen LogP contribution in [-0.2, 0) is 17.8 Å². The summed E-state index contributed by atoms with van der Waals surface area (Å²) >= 11 is 1.63. The van der Waals surface area contributed by atoms with Crippen LogP contribution in [0, 0.1) is 6.92 Å². The van der Waals surface area contributed by atoms with Gasteiger partial charge < -0.3 is 9.88 Å². The minimum absolute atomic E-state index is 0.133. The number of aromatic nitrogens is 3. The number of amides is 1. The van der Waals surface area contributed by atoms with E-state index in [4.69, 9.17) is 0 Å². The van der Waals surface area contributed by atoms with Crippen LogP contribution >= 0.6 is 11.3 Å². The maximum absolute atomic E-state index is 12.1. The quantitative estimate of drug-likeness (QED) is 0.670. The number of anilines is 1. The van der Waals surface area contributed by atoms with Crippen LogP contribution in [0.1, 0.15) is 35.5 Å². The van der Waals surface area contributed by atoms with Gasteiger partial charge in [-0.15, -0.1) is 21.5 Å². The highest BCUT2D eigenvalue weighted by atomic mass is 32.1. The average molecular weight is 379 g/mol. The second-order valence-corrected chi connectivity index (χ2v) is 7.72. The lowest BCUT2D eigenvalue weighted by atomic mass is 10.2. The summed E-state index contributed by atoms with van der Waals surface area (Å²) in [6, 6.07) is 9.85. The molecule has 0 fully saturated rings. The molecule has 0 atom stereocenters. The maximum atomic E-state index is 12.1. The molecule has 0 spiro atoms. The number of thiophene rings is 1. The Labute approximate surface area is 162 Å². The van der Waals surface area contributed by atoms with Crippen molar-refractivity contribution in [1.29, 1.82) is 0 Å². The molecule has 4 rings (SSSR count). The highest BCUT2D eigenvalue weighted by Gasteiger charge is 2.15. The smallest absolute Gasteiger partial charge is 0.248 e. The first kappa shape index (κ1) is 17.7. The number of hydrogen-bond acceptors (Lipinski definition) is 4. The van der Waals surface area contributed by atoms with E-state index in [-0.39, 0.29) is 5.91 Å². The van der Waals surface area contributed by atoms with Crippen LogP contribution < -0.4 is 5.32 Å². The maximum Gasteiger partial charge on any atom is 0.248 e. The van der Waals surface area contributed by atoms with Crippen molar-refractivity contribution in [2.24, 2.45) is 0 Å². The van der Waals surface area contributed by atoms with Gasteiger partial charge in [0.15, 0.2) is 5.82 Å². The van der Waals surface area contributed by atoms with Gasteiger partial charge in [-0.1, -0.05) is 6.42 Å². The monoisotopic (exact) mass is 378 g/mol. The molecular formula is C21H22N4OS. The molecule has 1 aliphatic rings. The molecule has 0 unspecified atom stereocenters. The van der Waals surface area contributed by atoms with Gasteiger partial charge in [-0.05, 0) is 67.1 Å². The van der Waals surface area contributed by atoms with Crippen LogP contribution in [-0.4, -0.2) is 20.7 Å². The van der Waals surface area contributed by atoms with E-state index in [1.807, 2.05) is 48.7 Å². The zero-order chi connectivity index (χ0) is 18.6. The van der Waals surface area contributed by atoms with Crippen LogP contribution in [0.2, 0.25) is 0 Å². The second-order valence-electron chi connectivity index (χ2n) is 6.77. The van der Waals surface area contributed by atoms with Gasteiger partial charge in [-0.25, -0.2) is 0 Å². The second kappa shape index (κ2) is 7.88. The van der Waals surface area contributed by atoms with E-state index in [1.54, 1.807) is 17.4 Å². The Bertz CT molecular complexity index is 968. The summed E-state index contributed by atoms with van der Waals surface area (Å²) in [7, 11) is 0. The number of carbonyl (C=O) groups excluding carboxylic acids is 1. The molecule has 3 heterocycles. The topological polar surface area (TPSA) is 59.8 Å². The summed E-state index contributed by atoms with van der Waals surface area (Å²) in [6.07, 6.45) is 8.02. The number of nitrogens with zero attached hydrogens (tertiary/aromatic N) is 3. The summed E-state index contributed by atoms with van der Waals surface area (Å²) in [6.45, 7) is 3.01. The van der Waals surface area contributed by atoms with Crippen molar-refractivity contribution < 1.29 is 4.79 Å². The fraction of sp³-hybridized carbons (Fsp3) is 0.286. The van der Waals surface area contributed by atoms with Gasteiger partial charge in [0, 0.05) is 35.2 Å². The first-order chi connectivity index (χ1) is 13.2. The van der Waals surface area contributed by atoms with E-state index in [9.17, 15) is 4.79 Å². The summed E-state index contributed by atoms with van der Waals surface area (Å²) in [5, 5.41) is 13.7. The van der Waals surface area contributed by atoms with E-state index >= 15 is 0 Å². The average Bonchev–Trinajstić information content (AvgIpc) is 3.19. The number of hydrogen-bond donors (Lipinski definition) is 1. The molecule has 1 aromatic carbocycles. The van der Waals surface area contributed by atoms with E-state index in [2.05, 4.69) is 20.1 Å². The molecule has 2 aromatic heterocycles. The summed E-state index contributed by atoms with van der Waals surface area (Å²) in [5.74, 6) is 1.86. The minimum atomic E-state index is -0.133. The lowest BCUT2D eigenvalue weighted by molar-refractivity contribution is -0.111. The van der Waals surface area contributed by atoms with Gasteiger partial charge >= 0.3 is 0 Å². The Morgan fingerprint density at radius 2 is 2.00 bits per heavy atom. The largest absolute Gasteiger partial charge is 0.323 e. The fourth-order valence-corrected chi connectivity index (χ4v) is 4.11.